The highest BCUT2D eigenvalue weighted by Crippen LogP contribution is 2.34. The monoisotopic (exact) mass is 208 g/mol. The fourth-order valence-corrected chi connectivity index (χ4v) is 1.68. The molecule has 15 heavy (non-hydrogen) atoms. The van der Waals surface area contributed by atoms with Gasteiger partial charge in [-0.05, 0) is 5.41 Å². The van der Waals surface area contributed by atoms with Crippen molar-refractivity contribution in [3.05, 3.63) is 0 Å². The summed E-state index contributed by atoms with van der Waals surface area (Å²) < 4.78 is 0. The molecular formula is C12H26B2O. The van der Waals surface area contributed by atoms with Gasteiger partial charge >= 0.3 is 0 Å². The largest absolute Gasteiger partial charge is 0.408 e. The minimum atomic E-state index is -0.787. The molecule has 0 aromatic heterocycles. The highest BCUT2D eigenvalue weighted by molar-refractivity contribution is 6.63. The zero-order chi connectivity index (χ0) is 12.5. The summed E-state index contributed by atoms with van der Waals surface area (Å²) in [7, 11) is 4.04. The lowest BCUT2D eigenvalue weighted by molar-refractivity contribution is 0.216. The Bertz CT molecular complexity index is 199. The predicted molar refractivity (Wildman–Crippen MR) is 70.7 cm³/mol. The van der Waals surface area contributed by atoms with Crippen LogP contribution >= 0.6 is 0 Å². The van der Waals surface area contributed by atoms with E-state index in [1.165, 1.54) is 0 Å². The van der Waals surface area contributed by atoms with Crippen molar-refractivity contribution in [3.63, 3.8) is 0 Å². The van der Waals surface area contributed by atoms with Gasteiger partial charge in [0.25, 0.3) is 0 Å². The third-order valence-electron chi connectivity index (χ3n) is 2.68. The van der Waals surface area contributed by atoms with E-state index >= 15 is 0 Å². The van der Waals surface area contributed by atoms with Gasteiger partial charge in [-0.1, -0.05) is 66.5 Å². The van der Waals surface area contributed by atoms with Crippen LogP contribution in [0.5, 0.6) is 0 Å². The van der Waals surface area contributed by atoms with Gasteiger partial charge in [0, 0.05) is 5.40 Å². The van der Waals surface area contributed by atoms with E-state index in [1.807, 2.05) is 21.5 Å². The lowest BCUT2D eigenvalue weighted by Gasteiger charge is -2.36. The Labute approximate surface area is 97.5 Å². The fraction of sp³-hybridized carbons (Fsp3) is 1.00. The molecule has 0 aliphatic rings. The van der Waals surface area contributed by atoms with Gasteiger partial charge in [-0.3, -0.25) is 0 Å². The Morgan fingerprint density at radius 1 is 0.933 bits per heavy atom. The average Bonchev–Trinajstić information content (AvgIpc) is 1.76. The summed E-state index contributed by atoms with van der Waals surface area (Å²) >= 11 is 0. The van der Waals surface area contributed by atoms with Crippen LogP contribution in [-0.2, 0) is 0 Å². The summed E-state index contributed by atoms with van der Waals surface area (Å²) in [4.78, 5) is 0. The first-order valence-electron chi connectivity index (χ1n) is 5.79. The van der Waals surface area contributed by atoms with E-state index in [0.717, 1.165) is 0 Å². The van der Waals surface area contributed by atoms with Crippen LogP contribution in [0.2, 0.25) is 11.1 Å². The summed E-state index contributed by atoms with van der Waals surface area (Å²) in [5.74, 6) is 0.381. The molecule has 0 bridgehead atoms. The highest BCUT2D eigenvalue weighted by atomic mass is 16.3. The second kappa shape index (κ2) is 4.53. The number of hydrogen-bond donors (Lipinski definition) is 1. The van der Waals surface area contributed by atoms with Gasteiger partial charge in [-0.2, -0.15) is 0 Å². The molecule has 86 valence electrons. The lowest BCUT2D eigenvalue weighted by Crippen LogP contribution is -2.46. The van der Waals surface area contributed by atoms with E-state index in [-0.39, 0.29) is 10.7 Å². The minimum Gasteiger partial charge on any atom is -0.408 e. The average molecular weight is 208 g/mol. The molecule has 0 rings (SSSR count). The predicted octanol–water partition coefficient (Wildman–Crippen LogP) is 3.13. The Morgan fingerprint density at radius 2 is 1.33 bits per heavy atom. The molecule has 1 N–H and O–H groups in total. The van der Waals surface area contributed by atoms with Crippen molar-refractivity contribution in [2.75, 3.05) is 0 Å². The van der Waals surface area contributed by atoms with Crippen LogP contribution in [-0.4, -0.2) is 25.1 Å². The van der Waals surface area contributed by atoms with E-state index in [4.69, 9.17) is 0 Å². The zero-order valence-electron chi connectivity index (χ0n) is 11.7. The fourth-order valence-electron chi connectivity index (χ4n) is 1.68. The first-order valence-corrected chi connectivity index (χ1v) is 5.79. The van der Waals surface area contributed by atoms with Crippen LogP contribution in [0.15, 0.2) is 0 Å². The molecule has 2 unspecified atom stereocenters. The van der Waals surface area contributed by atoms with Gasteiger partial charge in [0.15, 0.2) is 0 Å². The van der Waals surface area contributed by atoms with Gasteiger partial charge in [-0.15, -0.1) is 0 Å². The van der Waals surface area contributed by atoms with Crippen molar-refractivity contribution in [1.82, 2.24) is 0 Å². The van der Waals surface area contributed by atoms with Gasteiger partial charge in [-0.25, -0.2) is 0 Å². The molecule has 1 nitrogen and oxygen atoms in total. The maximum Gasteiger partial charge on any atom is 0.148 e. The first kappa shape index (κ1) is 15.1. The summed E-state index contributed by atoms with van der Waals surface area (Å²) in [6.45, 7) is 16.9. The van der Waals surface area contributed by atoms with E-state index in [9.17, 15) is 5.11 Å². The van der Waals surface area contributed by atoms with E-state index in [0.29, 0.717) is 5.82 Å². The summed E-state index contributed by atoms with van der Waals surface area (Å²) in [5.41, 5.74) is 0.204. The van der Waals surface area contributed by atoms with Crippen LogP contribution in [0.25, 0.3) is 0 Å². The second-order valence-corrected chi connectivity index (χ2v) is 7.06. The molecule has 0 spiro atoms. The van der Waals surface area contributed by atoms with Gasteiger partial charge in [0.05, 0.1) is 0 Å². The molecule has 0 saturated carbocycles. The quantitative estimate of drug-likeness (QED) is 0.706. The van der Waals surface area contributed by atoms with Crippen molar-refractivity contribution in [2.45, 2.75) is 71.9 Å². The van der Waals surface area contributed by atoms with E-state index in [2.05, 4.69) is 48.5 Å². The van der Waals surface area contributed by atoms with Gasteiger partial charge in [0.1, 0.15) is 14.6 Å². The lowest BCUT2D eigenvalue weighted by atomic mass is 9.30. The van der Waals surface area contributed by atoms with Crippen molar-refractivity contribution in [3.8, 4) is 0 Å². The van der Waals surface area contributed by atoms with Crippen LogP contribution < -0.4 is 0 Å². The van der Waals surface area contributed by atoms with Crippen molar-refractivity contribution >= 4 is 14.6 Å². The topological polar surface area (TPSA) is 20.2 Å². The number of rotatable bonds is 3. The molecular weight excluding hydrogens is 182 g/mol. The van der Waals surface area contributed by atoms with E-state index in [1.54, 1.807) is 0 Å². The molecule has 0 fully saturated rings. The van der Waals surface area contributed by atoms with Gasteiger partial charge < -0.3 is 5.11 Å². The summed E-state index contributed by atoms with van der Waals surface area (Å²) in [6, 6.07) is 0. The van der Waals surface area contributed by atoms with Crippen molar-refractivity contribution < 1.29 is 5.11 Å². The van der Waals surface area contributed by atoms with Crippen LogP contribution in [0.1, 0.15) is 55.4 Å². The Morgan fingerprint density at radius 3 is 1.60 bits per heavy atom. The third kappa shape index (κ3) is 7.05. The molecule has 0 amide bonds. The molecule has 0 aliphatic carbocycles. The maximum atomic E-state index is 10.3. The molecule has 2 atom stereocenters. The van der Waals surface area contributed by atoms with Crippen LogP contribution in [0, 0.1) is 5.41 Å². The van der Waals surface area contributed by atoms with E-state index < -0.39 is 5.40 Å². The standard InChI is InChI=1S/C12H26B2O/c1-9(10(2,3)4)13-12(8,15)14-11(5,6)7/h9,15H,1-8H3. The Hall–Kier alpha value is 0.0899. The van der Waals surface area contributed by atoms with Crippen molar-refractivity contribution in [2.24, 2.45) is 5.41 Å². The molecule has 0 aromatic carbocycles. The molecule has 2 radical (unpaired) electrons. The van der Waals surface area contributed by atoms with Crippen molar-refractivity contribution in [1.29, 1.82) is 0 Å². The second-order valence-electron chi connectivity index (χ2n) is 7.06. The minimum absolute atomic E-state index is 0.0393. The normalized spacial score (nSPS) is 19.3. The molecule has 0 saturated heterocycles. The SMILES string of the molecule is CC([B]C(C)(O)[B]C(C)(C)C)C(C)(C)C. The molecule has 3 heteroatoms. The molecule has 0 aliphatic heterocycles. The first-order chi connectivity index (χ1) is 6.33. The van der Waals surface area contributed by atoms with Crippen LogP contribution in [0.3, 0.4) is 0 Å². The molecule has 0 aromatic rings. The number of aliphatic hydroxyl groups is 1. The highest BCUT2D eigenvalue weighted by Gasteiger charge is 2.34. The smallest absolute Gasteiger partial charge is 0.148 e. The van der Waals surface area contributed by atoms with Gasteiger partial charge in [0.2, 0.25) is 0 Å². The van der Waals surface area contributed by atoms with Crippen LogP contribution in [0.4, 0.5) is 0 Å². The zero-order valence-corrected chi connectivity index (χ0v) is 11.7. The Kier molecular flexibility index (Phi) is 4.56. The third-order valence-corrected chi connectivity index (χ3v) is 2.68. The number of hydrogen-bond acceptors (Lipinski definition) is 1. The maximum absolute atomic E-state index is 10.3. The summed E-state index contributed by atoms with van der Waals surface area (Å²) in [6.07, 6.45) is 0. The Balaban J connectivity index is 4.39. The molecule has 0 heterocycles. The summed E-state index contributed by atoms with van der Waals surface area (Å²) in [5, 5.41) is 9.53.